The molecule has 3 rings (SSSR count). The summed E-state index contributed by atoms with van der Waals surface area (Å²) in [5, 5.41) is 0. The van der Waals surface area contributed by atoms with Gasteiger partial charge in [-0.25, -0.2) is 8.78 Å². The number of fused-ring (bicyclic) bond motifs is 1. The molecule has 3 aliphatic rings. The molecule has 2 N–H and O–H groups in total. The highest BCUT2D eigenvalue weighted by Crippen LogP contribution is 2.49. The second-order valence-corrected chi connectivity index (χ2v) is 6.17. The van der Waals surface area contributed by atoms with Crippen LogP contribution in [0.25, 0.3) is 0 Å². The van der Waals surface area contributed by atoms with Crippen LogP contribution in [0.2, 0.25) is 0 Å². The number of halogens is 2. The fraction of sp³-hybridized carbons (Fsp3) is 0.923. The lowest BCUT2D eigenvalue weighted by Crippen LogP contribution is -2.45. The second-order valence-electron chi connectivity index (χ2n) is 6.17. The van der Waals surface area contributed by atoms with Crippen LogP contribution in [0, 0.1) is 17.8 Å². The van der Waals surface area contributed by atoms with Gasteiger partial charge in [0, 0.05) is 37.9 Å². The third kappa shape index (κ3) is 2.02. The zero-order valence-corrected chi connectivity index (χ0v) is 10.4. The first kappa shape index (κ1) is 12.3. The Hall–Kier alpha value is -0.710. The average molecular weight is 258 g/mol. The van der Waals surface area contributed by atoms with Crippen molar-refractivity contribution in [2.24, 2.45) is 23.5 Å². The summed E-state index contributed by atoms with van der Waals surface area (Å²) in [5.74, 6) is -1.33. The Labute approximate surface area is 106 Å². The number of carbonyl (C=O) groups is 1. The van der Waals surface area contributed by atoms with Gasteiger partial charge in [0.2, 0.25) is 5.91 Å². The van der Waals surface area contributed by atoms with Crippen LogP contribution >= 0.6 is 0 Å². The molecule has 0 aromatic rings. The van der Waals surface area contributed by atoms with Gasteiger partial charge in [-0.05, 0) is 31.1 Å². The maximum absolute atomic E-state index is 13.0. The number of hydrogen-bond acceptors (Lipinski definition) is 2. The molecule has 2 saturated carbocycles. The van der Waals surface area contributed by atoms with Crippen molar-refractivity contribution in [3.8, 4) is 0 Å². The van der Waals surface area contributed by atoms with Crippen molar-refractivity contribution in [2.75, 3.05) is 13.1 Å². The minimum atomic E-state index is -2.58. The van der Waals surface area contributed by atoms with Crippen LogP contribution in [-0.2, 0) is 4.79 Å². The fourth-order valence-electron chi connectivity index (χ4n) is 3.80. The zero-order valence-electron chi connectivity index (χ0n) is 10.4. The summed E-state index contributed by atoms with van der Waals surface area (Å²) in [7, 11) is 0. The van der Waals surface area contributed by atoms with Gasteiger partial charge in [-0.15, -0.1) is 0 Å². The first-order valence-electron chi connectivity index (χ1n) is 6.88. The summed E-state index contributed by atoms with van der Waals surface area (Å²) in [6.07, 6.45) is 2.46. The molecule has 4 atom stereocenters. The maximum Gasteiger partial charge on any atom is 0.251 e. The van der Waals surface area contributed by atoms with E-state index >= 15 is 0 Å². The van der Waals surface area contributed by atoms with Crippen molar-refractivity contribution in [1.82, 2.24) is 4.90 Å². The molecule has 0 radical (unpaired) electrons. The van der Waals surface area contributed by atoms with Crippen LogP contribution in [0.1, 0.15) is 32.1 Å². The normalized spacial score (nSPS) is 42.3. The predicted octanol–water partition coefficient (Wildman–Crippen LogP) is 1.62. The van der Waals surface area contributed by atoms with E-state index in [4.69, 9.17) is 5.73 Å². The third-order valence-corrected chi connectivity index (χ3v) is 5.03. The number of alkyl halides is 2. The molecule has 0 bridgehead atoms. The van der Waals surface area contributed by atoms with Crippen molar-refractivity contribution < 1.29 is 13.6 Å². The Morgan fingerprint density at radius 3 is 2.39 bits per heavy atom. The third-order valence-electron chi connectivity index (χ3n) is 5.03. The van der Waals surface area contributed by atoms with Crippen molar-refractivity contribution in [2.45, 2.75) is 44.1 Å². The Kier molecular flexibility index (Phi) is 2.84. The van der Waals surface area contributed by atoms with Gasteiger partial charge in [-0.1, -0.05) is 0 Å². The highest BCUT2D eigenvalue weighted by Gasteiger charge is 2.49. The van der Waals surface area contributed by atoms with Crippen LogP contribution in [0.4, 0.5) is 8.78 Å². The lowest BCUT2D eigenvalue weighted by molar-refractivity contribution is -0.141. The molecule has 0 spiro atoms. The lowest BCUT2D eigenvalue weighted by Gasteiger charge is -2.37. The molecule has 5 heteroatoms. The highest BCUT2D eigenvalue weighted by molar-refractivity contribution is 5.79. The van der Waals surface area contributed by atoms with Gasteiger partial charge >= 0.3 is 0 Å². The summed E-state index contributed by atoms with van der Waals surface area (Å²) in [5.41, 5.74) is 5.92. The van der Waals surface area contributed by atoms with Crippen LogP contribution in [0.15, 0.2) is 0 Å². The van der Waals surface area contributed by atoms with Gasteiger partial charge in [-0.3, -0.25) is 4.79 Å². The number of hydrogen-bond donors (Lipinski definition) is 1. The van der Waals surface area contributed by atoms with Crippen LogP contribution < -0.4 is 5.73 Å². The summed E-state index contributed by atoms with van der Waals surface area (Å²) in [6, 6.07) is 0.262. The van der Waals surface area contributed by atoms with Gasteiger partial charge in [0.05, 0.1) is 0 Å². The first-order valence-corrected chi connectivity index (χ1v) is 6.88. The molecule has 0 aromatic heterocycles. The molecule has 1 aliphatic heterocycles. The van der Waals surface area contributed by atoms with E-state index in [1.54, 1.807) is 4.90 Å². The van der Waals surface area contributed by atoms with Crippen LogP contribution in [0.5, 0.6) is 0 Å². The Morgan fingerprint density at radius 1 is 1.17 bits per heavy atom. The molecule has 1 heterocycles. The van der Waals surface area contributed by atoms with E-state index in [0.717, 1.165) is 19.3 Å². The average Bonchev–Trinajstić information content (AvgIpc) is 2.66. The van der Waals surface area contributed by atoms with Gasteiger partial charge in [0.15, 0.2) is 0 Å². The molecule has 0 aromatic carbocycles. The SMILES string of the molecule is NC1CC2CC(C(=O)N3CCC(F)(F)CC3)CC12. The van der Waals surface area contributed by atoms with Gasteiger partial charge in [0.25, 0.3) is 5.92 Å². The number of likely N-dealkylation sites (tertiary alicyclic amines) is 1. The quantitative estimate of drug-likeness (QED) is 0.777. The summed E-state index contributed by atoms with van der Waals surface area (Å²) < 4.78 is 26.1. The van der Waals surface area contributed by atoms with Gasteiger partial charge in [0.1, 0.15) is 0 Å². The molecular formula is C13H20F2N2O. The Balaban J connectivity index is 1.56. The maximum atomic E-state index is 13.0. The molecular weight excluding hydrogens is 238 g/mol. The van der Waals surface area contributed by atoms with Crippen LogP contribution in [0.3, 0.4) is 0 Å². The number of nitrogens with two attached hydrogens (primary N) is 1. The summed E-state index contributed by atoms with van der Waals surface area (Å²) in [4.78, 5) is 13.9. The zero-order chi connectivity index (χ0) is 12.9. The van der Waals surface area contributed by atoms with E-state index in [-0.39, 0.29) is 43.8 Å². The van der Waals surface area contributed by atoms with Crippen molar-refractivity contribution >= 4 is 5.91 Å². The minimum absolute atomic E-state index is 0.0419. The lowest BCUT2D eigenvalue weighted by atomic mass is 9.72. The Bertz CT molecular complexity index is 351. The molecule has 1 saturated heterocycles. The number of piperidine rings is 1. The van der Waals surface area contributed by atoms with Crippen molar-refractivity contribution in [3.05, 3.63) is 0 Å². The van der Waals surface area contributed by atoms with E-state index in [2.05, 4.69) is 0 Å². The van der Waals surface area contributed by atoms with E-state index in [0.29, 0.717) is 11.8 Å². The summed E-state index contributed by atoms with van der Waals surface area (Å²) >= 11 is 0. The molecule has 102 valence electrons. The minimum Gasteiger partial charge on any atom is -0.342 e. The van der Waals surface area contributed by atoms with Crippen molar-refractivity contribution in [3.63, 3.8) is 0 Å². The number of amides is 1. The van der Waals surface area contributed by atoms with E-state index in [1.807, 2.05) is 0 Å². The van der Waals surface area contributed by atoms with E-state index < -0.39 is 5.92 Å². The van der Waals surface area contributed by atoms with E-state index in [1.165, 1.54) is 0 Å². The molecule has 1 amide bonds. The first-order chi connectivity index (χ1) is 8.46. The predicted molar refractivity (Wildman–Crippen MR) is 63.1 cm³/mol. The summed E-state index contributed by atoms with van der Waals surface area (Å²) in [6.45, 7) is 0.424. The number of rotatable bonds is 1. The number of nitrogens with zero attached hydrogens (tertiary/aromatic N) is 1. The molecule has 18 heavy (non-hydrogen) atoms. The molecule has 4 unspecified atom stereocenters. The number of carbonyl (C=O) groups excluding carboxylic acids is 1. The Morgan fingerprint density at radius 2 is 1.83 bits per heavy atom. The smallest absolute Gasteiger partial charge is 0.251 e. The molecule has 3 fully saturated rings. The molecule has 2 aliphatic carbocycles. The van der Waals surface area contributed by atoms with Crippen LogP contribution in [-0.4, -0.2) is 35.9 Å². The monoisotopic (exact) mass is 258 g/mol. The van der Waals surface area contributed by atoms with Gasteiger partial charge < -0.3 is 10.6 Å². The standard InChI is InChI=1S/C13H20F2N2O/c14-13(15)1-3-17(4-2-13)12(18)9-5-8-7-11(16)10(8)6-9/h8-11H,1-7,16H2. The molecule has 3 nitrogen and oxygen atoms in total. The topological polar surface area (TPSA) is 46.3 Å². The fourth-order valence-corrected chi connectivity index (χ4v) is 3.80. The van der Waals surface area contributed by atoms with Crippen molar-refractivity contribution in [1.29, 1.82) is 0 Å². The largest absolute Gasteiger partial charge is 0.342 e. The van der Waals surface area contributed by atoms with E-state index in [9.17, 15) is 13.6 Å². The highest BCUT2D eigenvalue weighted by atomic mass is 19.3. The van der Waals surface area contributed by atoms with Gasteiger partial charge in [-0.2, -0.15) is 0 Å². The second kappa shape index (κ2) is 4.15.